The van der Waals surface area contributed by atoms with Crippen molar-refractivity contribution in [3.8, 4) is 0 Å². The van der Waals surface area contributed by atoms with E-state index in [0.29, 0.717) is 12.3 Å². The van der Waals surface area contributed by atoms with Crippen molar-refractivity contribution in [1.82, 2.24) is 16.2 Å². The van der Waals surface area contributed by atoms with E-state index in [4.69, 9.17) is 9.47 Å². The monoisotopic (exact) mass is 405 g/mol. The van der Waals surface area contributed by atoms with Gasteiger partial charge in [-0.25, -0.2) is 15.0 Å². The van der Waals surface area contributed by atoms with Crippen LogP contribution in [0, 0.1) is 5.92 Å². The van der Waals surface area contributed by atoms with Crippen molar-refractivity contribution in [2.75, 3.05) is 0 Å². The largest absolute Gasteiger partial charge is 0.445 e. The minimum Gasteiger partial charge on any atom is -0.445 e. The smallest absolute Gasteiger partial charge is 0.426 e. The molecule has 0 bridgehead atoms. The van der Waals surface area contributed by atoms with Crippen LogP contribution in [0.4, 0.5) is 9.59 Å². The number of benzene rings is 1. The molecule has 0 unspecified atom stereocenters. The van der Waals surface area contributed by atoms with Crippen molar-refractivity contribution in [2.24, 2.45) is 5.92 Å². The van der Waals surface area contributed by atoms with E-state index in [0.717, 1.165) is 31.2 Å². The first-order chi connectivity index (χ1) is 13.7. The van der Waals surface area contributed by atoms with Crippen LogP contribution in [0.3, 0.4) is 0 Å². The van der Waals surface area contributed by atoms with Gasteiger partial charge in [0.15, 0.2) is 0 Å². The molecule has 8 heteroatoms. The van der Waals surface area contributed by atoms with Crippen molar-refractivity contribution in [3.05, 3.63) is 35.9 Å². The molecule has 1 saturated carbocycles. The zero-order valence-electron chi connectivity index (χ0n) is 17.3. The van der Waals surface area contributed by atoms with Gasteiger partial charge in [-0.15, -0.1) is 0 Å². The average Bonchev–Trinajstić information content (AvgIpc) is 3.16. The van der Waals surface area contributed by atoms with Crippen molar-refractivity contribution < 1.29 is 23.9 Å². The summed E-state index contributed by atoms with van der Waals surface area (Å²) in [5.74, 6) is -0.166. The molecular formula is C21H31N3O5. The number of hydrazine groups is 1. The maximum absolute atomic E-state index is 12.6. The van der Waals surface area contributed by atoms with Gasteiger partial charge in [0.05, 0.1) is 0 Å². The summed E-state index contributed by atoms with van der Waals surface area (Å²) in [6, 6.07) is 8.48. The van der Waals surface area contributed by atoms with Crippen molar-refractivity contribution in [2.45, 2.75) is 71.1 Å². The Bertz CT molecular complexity index is 681. The predicted octanol–water partition coefficient (Wildman–Crippen LogP) is 3.42. The first kappa shape index (κ1) is 22.5. The minimum atomic E-state index is -0.809. The second-order valence-electron chi connectivity index (χ2n) is 8.26. The van der Waals surface area contributed by atoms with Gasteiger partial charge in [-0.1, -0.05) is 56.0 Å². The molecule has 160 valence electrons. The van der Waals surface area contributed by atoms with E-state index in [1.807, 2.05) is 30.3 Å². The van der Waals surface area contributed by atoms with E-state index < -0.39 is 29.7 Å². The van der Waals surface area contributed by atoms with Gasteiger partial charge in [-0.3, -0.25) is 10.2 Å². The molecule has 0 heterocycles. The third-order valence-electron chi connectivity index (χ3n) is 4.55. The van der Waals surface area contributed by atoms with Crippen LogP contribution in [0.2, 0.25) is 0 Å². The third-order valence-corrected chi connectivity index (χ3v) is 4.55. The van der Waals surface area contributed by atoms with Gasteiger partial charge in [0.25, 0.3) is 5.91 Å². The fourth-order valence-electron chi connectivity index (χ4n) is 3.22. The number of carbonyl (C=O) groups excluding carboxylic acids is 3. The van der Waals surface area contributed by atoms with E-state index in [9.17, 15) is 14.4 Å². The number of alkyl carbamates (subject to hydrolysis) is 1. The van der Waals surface area contributed by atoms with Gasteiger partial charge in [-0.05, 0) is 38.7 Å². The summed E-state index contributed by atoms with van der Waals surface area (Å²) >= 11 is 0. The van der Waals surface area contributed by atoms with Crippen LogP contribution in [0.15, 0.2) is 30.3 Å². The Morgan fingerprint density at radius 1 is 1.03 bits per heavy atom. The van der Waals surface area contributed by atoms with Crippen LogP contribution in [0.25, 0.3) is 0 Å². The standard InChI is InChI=1S/C21H31N3O5/c1-21(2,3)29-20(27)24-23-18(25)17(13-15-9-7-8-10-15)22-19(26)28-14-16-11-5-4-6-12-16/h4-6,11-12,15,17H,7-10,13-14H2,1-3H3,(H,22,26)(H,23,25)(H,24,27)/t17-/m0/s1. The number of carbonyl (C=O) groups is 3. The first-order valence-corrected chi connectivity index (χ1v) is 9.99. The minimum absolute atomic E-state index is 0.112. The summed E-state index contributed by atoms with van der Waals surface area (Å²) in [5, 5.41) is 2.62. The normalized spacial score (nSPS) is 15.3. The third kappa shape index (κ3) is 8.85. The first-order valence-electron chi connectivity index (χ1n) is 9.99. The molecule has 0 radical (unpaired) electrons. The van der Waals surface area contributed by atoms with Gasteiger partial charge in [0.1, 0.15) is 18.2 Å². The van der Waals surface area contributed by atoms with Crippen molar-refractivity contribution in [1.29, 1.82) is 0 Å². The molecule has 1 fully saturated rings. The molecule has 0 spiro atoms. The lowest BCUT2D eigenvalue weighted by Gasteiger charge is -2.23. The quantitative estimate of drug-likeness (QED) is 0.629. The highest BCUT2D eigenvalue weighted by molar-refractivity contribution is 5.86. The second kappa shape index (κ2) is 10.7. The summed E-state index contributed by atoms with van der Waals surface area (Å²) < 4.78 is 10.3. The fourth-order valence-corrected chi connectivity index (χ4v) is 3.22. The molecule has 2 rings (SSSR count). The van der Waals surface area contributed by atoms with Crippen LogP contribution in [0.1, 0.15) is 58.4 Å². The number of hydrogen-bond acceptors (Lipinski definition) is 5. The Hall–Kier alpha value is -2.77. The molecule has 1 aromatic rings. The van der Waals surface area contributed by atoms with Crippen molar-refractivity contribution >= 4 is 18.1 Å². The van der Waals surface area contributed by atoms with E-state index in [-0.39, 0.29) is 6.61 Å². The molecule has 1 aromatic carbocycles. The molecular weight excluding hydrogens is 374 g/mol. The lowest BCUT2D eigenvalue weighted by molar-refractivity contribution is -0.124. The van der Waals surface area contributed by atoms with Gasteiger partial charge in [0.2, 0.25) is 0 Å². The number of ether oxygens (including phenoxy) is 2. The van der Waals surface area contributed by atoms with Crippen molar-refractivity contribution in [3.63, 3.8) is 0 Å². The van der Waals surface area contributed by atoms with Gasteiger partial charge in [0, 0.05) is 0 Å². The molecule has 1 aliphatic rings. The van der Waals surface area contributed by atoms with Gasteiger partial charge in [-0.2, -0.15) is 0 Å². The molecule has 1 atom stereocenters. The summed E-state index contributed by atoms with van der Waals surface area (Å²) in [5.41, 5.74) is 4.72. The molecule has 29 heavy (non-hydrogen) atoms. The zero-order valence-corrected chi connectivity index (χ0v) is 17.3. The lowest BCUT2D eigenvalue weighted by Crippen LogP contribution is -2.53. The highest BCUT2D eigenvalue weighted by Crippen LogP contribution is 2.28. The van der Waals surface area contributed by atoms with E-state index >= 15 is 0 Å². The molecule has 0 aromatic heterocycles. The topological polar surface area (TPSA) is 106 Å². The van der Waals surface area contributed by atoms with Crippen LogP contribution in [-0.2, 0) is 20.9 Å². The Morgan fingerprint density at radius 3 is 2.31 bits per heavy atom. The Morgan fingerprint density at radius 2 is 1.69 bits per heavy atom. The Balaban J connectivity index is 1.88. The zero-order chi connectivity index (χ0) is 21.3. The molecule has 8 nitrogen and oxygen atoms in total. The maximum Gasteiger partial charge on any atom is 0.426 e. The van der Waals surface area contributed by atoms with Crippen LogP contribution >= 0.6 is 0 Å². The number of rotatable bonds is 6. The molecule has 1 aliphatic carbocycles. The molecule has 0 aliphatic heterocycles. The molecule has 0 saturated heterocycles. The maximum atomic E-state index is 12.6. The average molecular weight is 405 g/mol. The van der Waals surface area contributed by atoms with E-state index in [1.165, 1.54) is 0 Å². The Labute approximate surface area is 171 Å². The number of amides is 3. The van der Waals surface area contributed by atoms with Gasteiger partial charge < -0.3 is 14.8 Å². The summed E-state index contributed by atoms with van der Waals surface area (Å²) in [4.78, 5) is 36.5. The molecule has 3 N–H and O–H groups in total. The van der Waals surface area contributed by atoms with Crippen LogP contribution in [0.5, 0.6) is 0 Å². The fraction of sp³-hybridized carbons (Fsp3) is 0.571. The summed E-state index contributed by atoms with van der Waals surface area (Å²) in [7, 11) is 0. The summed E-state index contributed by atoms with van der Waals surface area (Å²) in [6.07, 6.45) is 3.32. The predicted molar refractivity (Wildman–Crippen MR) is 108 cm³/mol. The van der Waals surface area contributed by atoms with E-state index in [2.05, 4.69) is 16.2 Å². The van der Waals surface area contributed by atoms with Gasteiger partial charge >= 0.3 is 12.2 Å². The molecule has 3 amide bonds. The van der Waals surface area contributed by atoms with E-state index in [1.54, 1.807) is 20.8 Å². The number of nitrogens with one attached hydrogen (secondary N) is 3. The van der Waals surface area contributed by atoms with Crippen LogP contribution < -0.4 is 16.2 Å². The summed E-state index contributed by atoms with van der Waals surface area (Å²) in [6.45, 7) is 5.28. The Kier molecular flexibility index (Phi) is 8.30. The highest BCUT2D eigenvalue weighted by atomic mass is 16.6. The highest BCUT2D eigenvalue weighted by Gasteiger charge is 2.28. The lowest BCUT2D eigenvalue weighted by atomic mass is 9.98. The second-order valence-corrected chi connectivity index (χ2v) is 8.26. The number of hydrogen-bond donors (Lipinski definition) is 3. The SMILES string of the molecule is CC(C)(C)OC(=O)NNC(=O)[C@H](CC1CCCC1)NC(=O)OCc1ccccc1. The van der Waals surface area contributed by atoms with Crippen LogP contribution in [-0.4, -0.2) is 29.7 Å².